The van der Waals surface area contributed by atoms with Gasteiger partial charge in [-0.2, -0.15) is 0 Å². The molecule has 1 nitrogen and oxygen atoms in total. The van der Waals surface area contributed by atoms with Crippen LogP contribution in [-0.4, -0.2) is 6.29 Å². The van der Waals surface area contributed by atoms with E-state index in [0.29, 0.717) is 6.29 Å². The van der Waals surface area contributed by atoms with Crippen LogP contribution in [0.1, 0.15) is 33.6 Å². The largest absolute Gasteiger partial charge is 0.298 e. The van der Waals surface area contributed by atoms with Gasteiger partial charge >= 0.3 is 0 Å². The van der Waals surface area contributed by atoms with Gasteiger partial charge < -0.3 is 0 Å². The molecule has 1 atom stereocenters. The van der Waals surface area contributed by atoms with Crippen molar-refractivity contribution in [1.82, 2.24) is 0 Å². The average Bonchev–Trinajstić information content (AvgIpc) is 2.16. The Morgan fingerprint density at radius 2 is 2.25 bits per heavy atom. The van der Waals surface area contributed by atoms with Crippen LogP contribution in [0.4, 0.5) is 4.39 Å². The van der Waals surface area contributed by atoms with Gasteiger partial charge in [0.2, 0.25) is 0 Å². The Hall–Kier alpha value is -1.18. The fraction of sp³-hybridized carbons (Fsp3) is 0.500. The van der Waals surface area contributed by atoms with E-state index in [1.165, 1.54) is 11.6 Å². The molecule has 0 amide bonds. The second kappa shape index (κ2) is 5.24. The second-order valence-electron chi connectivity index (χ2n) is 5.00. The minimum Gasteiger partial charge on any atom is -0.298 e. The van der Waals surface area contributed by atoms with E-state index in [0.717, 1.165) is 18.9 Å². The molecule has 1 rings (SSSR count). The third kappa shape index (κ3) is 3.16. The third-order valence-corrected chi connectivity index (χ3v) is 3.26. The molecule has 0 radical (unpaired) electrons. The maximum absolute atomic E-state index is 13.1. The summed E-state index contributed by atoms with van der Waals surface area (Å²) in [6, 6.07) is 0. The van der Waals surface area contributed by atoms with Gasteiger partial charge in [-0.15, -0.1) is 0 Å². The third-order valence-electron chi connectivity index (χ3n) is 3.26. The first kappa shape index (κ1) is 12.9. The van der Waals surface area contributed by atoms with Crippen molar-refractivity contribution in [2.24, 2.45) is 11.3 Å². The Balaban J connectivity index is 2.85. The van der Waals surface area contributed by atoms with E-state index in [-0.39, 0.29) is 11.3 Å². The van der Waals surface area contributed by atoms with Crippen molar-refractivity contribution in [2.75, 3.05) is 0 Å². The number of hydrogen-bond donors (Lipinski definition) is 0. The van der Waals surface area contributed by atoms with Crippen molar-refractivity contribution in [2.45, 2.75) is 33.6 Å². The summed E-state index contributed by atoms with van der Waals surface area (Å²) in [4.78, 5) is 10.1. The van der Waals surface area contributed by atoms with Crippen LogP contribution < -0.4 is 0 Å². The zero-order chi connectivity index (χ0) is 12.2. The molecule has 0 N–H and O–H groups in total. The summed E-state index contributed by atoms with van der Waals surface area (Å²) in [7, 11) is 0. The Kier molecular flexibility index (Phi) is 4.22. The van der Waals surface area contributed by atoms with Gasteiger partial charge in [0.1, 0.15) is 12.1 Å². The summed E-state index contributed by atoms with van der Waals surface area (Å²) >= 11 is 0. The minimum absolute atomic E-state index is 0.163. The molecule has 0 aliphatic heterocycles. The Bertz CT molecular complexity index is 348. The summed E-state index contributed by atoms with van der Waals surface area (Å²) in [6.07, 6.45) is 9.07. The molecule has 0 saturated heterocycles. The van der Waals surface area contributed by atoms with Crippen molar-refractivity contribution in [3.8, 4) is 0 Å². The number of carbonyl (C=O) groups is 1. The van der Waals surface area contributed by atoms with E-state index in [4.69, 9.17) is 0 Å². The van der Waals surface area contributed by atoms with Crippen molar-refractivity contribution >= 4 is 6.29 Å². The van der Waals surface area contributed by atoms with E-state index in [1.807, 2.05) is 6.08 Å². The molecule has 0 fully saturated rings. The summed E-state index contributed by atoms with van der Waals surface area (Å²) in [5, 5.41) is 0. The fourth-order valence-electron chi connectivity index (χ4n) is 2.29. The molecule has 0 aromatic carbocycles. The van der Waals surface area contributed by atoms with Gasteiger partial charge in [0.25, 0.3) is 0 Å². The lowest BCUT2D eigenvalue weighted by molar-refractivity contribution is -0.104. The molecule has 0 aromatic heterocycles. The summed E-state index contributed by atoms with van der Waals surface area (Å²) in [5.74, 6) is -0.226. The molecule has 16 heavy (non-hydrogen) atoms. The average molecular weight is 222 g/mol. The van der Waals surface area contributed by atoms with Crippen molar-refractivity contribution in [1.29, 1.82) is 0 Å². The predicted octanol–water partition coefficient (Wildman–Crippen LogP) is 3.98. The highest BCUT2D eigenvalue weighted by Gasteiger charge is 2.30. The normalized spacial score (nSPS) is 25.6. The molecule has 2 heteroatoms. The standard InChI is InChI=1S/C14H19FO/c1-11-5-4-9-14(2,3)13(11)7-6-12(15)8-10-16/h5-8,10,13H,4,9H2,1-3H3/b7-6+,12-8-. The van der Waals surface area contributed by atoms with Gasteiger partial charge in [-0.05, 0) is 31.3 Å². The van der Waals surface area contributed by atoms with Crippen molar-refractivity contribution in [3.05, 3.63) is 35.7 Å². The van der Waals surface area contributed by atoms with Crippen LogP contribution in [0.5, 0.6) is 0 Å². The number of allylic oxidation sites excluding steroid dienone is 6. The molecule has 88 valence electrons. The lowest BCUT2D eigenvalue weighted by Gasteiger charge is -2.36. The smallest absolute Gasteiger partial charge is 0.145 e. The first-order valence-corrected chi connectivity index (χ1v) is 5.63. The maximum Gasteiger partial charge on any atom is 0.145 e. The van der Waals surface area contributed by atoms with Gasteiger partial charge in [0.15, 0.2) is 0 Å². The molecule has 0 heterocycles. The molecular formula is C14H19FO. The molecule has 1 aliphatic carbocycles. The SMILES string of the molecule is CC1=CCCC(C)(C)C1/C=C/C(F)=C/C=O. The molecule has 0 bridgehead atoms. The maximum atomic E-state index is 13.1. The van der Waals surface area contributed by atoms with Gasteiger partial charge in [-0.3, -0.25) is 4.79 Å². The molecule has 0 saturated carbocycles. The Morgan fingerprint density at radius 3 is 2.81 bits per heavy atom. The first-order chi connectivity index (χ1) is 7.47. The van der Waals surface area contributed by atoms with Crippen LogP contribution in [0.3, 0.4) is 0 Å². The van der Waals surface area contributed by atoms with Crippen LogP contribution in [-0.2, 0) is 4.79 Å². The summed E-state index contributed by atoms with van der Waals surface area (Å²) in [5.41, 5.74) is 1.45. The summed E-state index contributed by atoms with van der Waals surface area (Å²) < 4.78 is 13.1. The second-order valence-corrected chi connectivity index (χ2v) is 5.00. The number of hydrogen-bond acceptors (Lipinski definition) is 1. The quantitative estimate of drug-likeness (QED) is 0.305. The van der Waals surface area contributed by atoms with E-state index < -0.39 is 5.83 Å². The molecule has 1 aliphatic rings. The number of halogens is 1. The molecule has 1 unspecified atom stereocenters. The lowest BCUT2D eigenvalue weighted by atomic mass is 9.68. The van der Waals surface area contributed by atoms with Crippen LogP contribution in [0.25, 0.3) is 0 Å². The van der Waals surface area contributed by atoms with Gasteiger partial charge in [-0.1, -0.05) is 31.6 Å². The van der Waals surface area contributed by atoms with E-state index >= 15 is 0 Å². The van der Waals surface area contributed by atoms with Crippen LogP contribution in [0, 0.1) is 11.3 Å². The topological polar surface area (TPSA) is 17.1 Å². The highest BCUT2D eigenvalue weighted by Crippen LogP contribution is 2.41. The highest BCUT2D eigenvalue weighted by atomic mass is 19.1. The zero-order valence-corrected chi connectivity index (χ0v) is 10.2. The predicted molar refractivity (Wildman–Crippen MR) is 64.7 cm³/mol. The fourth-order valence-corrected chi connectivity index (χ4v) is 2.29. The van der Waals surface area contributed by atoms with Crippen molar-refractivity contribution in [3.63, 3.8) is 0 Å². The van der Waals surface area contributed by atoms with E-state index in [1.54, 1.807) is 0 Å². The Labute approximate surface area is 96.7 Å². The molecule has 0 aromatic rings. The van der Waals surface area contributed by atoms with Gasteiger partial charge in [-0.25, -0.2) is 4.39 Å². The highest BCUT2D eigenvalue weighted by molar-refractivity contribution is 5.66. The molecular weight excluding hydrogens is 203 g/mol. The zero-order valence-electron chi connectivity index (χ0n) is 10.2. The van der Waals surface area contributed by atoms with Gasteiger partial charge in [0, 0.05) is 12.0 Å². The van der Waals surface area contributed by atoms with Crippen LogP contribution >= 0.6 is 0 Å². The minimum atomic E-state index is -0.482. The lowest BCUT2D eigenvalue weighted by Crippen LogP contribution is -2.26. The Morgan fingerprint density at radius 1 is 1.56 bits per heavy atom. The van der Waals surface area contributed by atoms with Crippen LogP contribution in [0.15, 0.2) is 35.7 Å². The number of carbonyl (C=O) groups excluding carboxylic acids is 1. The molecule has 0 spiro atoms. The van der Waals surface area contributed by atoms with Crippen LogP contribution in [0.2, 0.25) is 0 Å². The monoisotopic (exact) mass is 222 g/mol. The first-order valence-electron chi connectivity index (χ1n) is 5.63. The van der Waals surface area contributed by atoms with E-state index in [2.05, 4.69) is 26.8 Å². The van der Waals surface area contributed by atoms with Gasteiger partial charge in [0.05, 0.1) is 0 Å². The van der Waals surface area contributed by atoms with E-state index in [9.17, 15) is 9.18 Å². The van der Waals surface area contributed by atoms with Crippen molar-refractivity contribution < 1.29 is 9.18 Å². The summed E-state index contributed by atoms with van der Waals surface area (Å²) in [6.45, 7) is 6.47. The number of rotatable bonds is 3. The number of aldehydes is 1.